The van der Waals surface area contributed by atoms with Gasteiger partial charge in [-0.25, -0.2) is 4.98 Å². The fourth-order valence-electron chi connectivity index (χ4n) is 2.53. The Hall–Kier alpha value is -3.55. The van der Waals surface area contributed by atoms with E-state index in [1.807, 2.05) is 0 Å². The summed E-state index contributed by atoms with van der Waals surface area (Å²) >= 11 is 0. The van der Waals surface area contributed by atoms with Crippen LogP contribution in [0.5, 0.6) is 0 Å². The first-order valence-electron chi connectivity index (χ1n) is 7.83. The average molecular weight is 372 g/mol. The third-order valence-corrected chi connectivity index (χ3v) is 3.85. The molecule has 27 heavy (non-hydrogen) atoms. The molecule has 0 fully saturated rings. The first-order valence-corrected chi connectivity index (χ1v) is 7.83. The third-order valence-electron chi connectivity index (χ3n) is 3.85. The van der Waals surface area contributed by atoms with Crippen molar-refractivity contribution in [2.45, 2.75) is 6.18 Å². The zero-order valence-corrected chi connectivity index (χ0v) is 13.6. The van der Waals surface area contributed by atoms with E-state index < -0.39 is 17.6 Å². The molecular formula is C19H11F3N2O3. The zero-order chi connectivity index (χ0) is 19.0. The fourth-order valence-corrected chi connectivity index (χ4v) is 2.53. The van der Waals surface area contributed by atoms with Crippen molar-refractivity contribution >= 4 is 22.7 Å². The molecule has 8 heteroatoms. The average Bonchev–Trinajstić information content (AvgIpc) is 3.30. The summed E-state index contributed by atoms with van der Waals surface area (Å²) in [6.45, 7) is 0. The Labute approximate surface area is 150 Å². The van der Waals surface area contributed by atoms with Crippen LogP contribution in [0.15, 0.2) is 69.7 Å². The lowest BCUT2D eigenvalue weighted by Crippen LogP contribution is -2.10. The molecule has 136 valence electrons. The van der Waals surface area contributed by atoms with E-state index in [-0.39, 0.29) is 11.7 Å². The van der Waals surface area contributed by atoms with Crippen LogP contribution in [0.3, 0.4) is 0 Å². The van der Waals surface area contributed by atoms with Gasteiger partial charge in [0.1, 0.15) is 5.52 Å². The lowest BCUT2D eigenvalue weighted by atomic mass is 10.1. The van der Waals surface area contributed by atoms with E-state index in [0.717, 1.165) is 12.1 Å². The number of carbonyl (C=O) groups is 1. The predicted molar refractivity (Wildman–Crippen MR) is 91.1 cm³/mol. The standard InChI is InChI=1S/C19H11F3N2O3/c20-19(21,22)12-5-3-11(4-6-12)18-24-14-10-13(7-8-15(14)27-18)23-17(25)16-2-1-9-26-16/h1-10H,(H,23,25). The van der Waals surface area contributed by atoms with Gasteiger partial charge < -0.3 is 14.2 Å². The van der Waals surface area contributed by atoms with Crippen LogP contribution in [-0.4, -0.2) is 10.9 Å². The highest BCUT2D eigenvalue weighted by Crippen LogP contribution is 2.32. The van der Waals surface area contributed by atoms with Crippen molar-refractivity contribution in [1.29, 1.82) is 0 Å². The molecule has 0 aliphatic rings. The molecule has 0 unspecified atom stereocenters. The summed E-state index contributed by atoms with van der Waals surface area (Å²) in [6, 6.07) is 12.5. The fraction of sp³-hybridized carbons (Fsp3) is 0.0526. The number of carbonyl (C=O) groups excluding carboxylic acids is 1. The van der Waals surface area contributed by atoms with Crippen molar-refractivity contribution in [3.8, 4) is 11.5 Å². The maximum Gasteiger partial charge on any atom is 0.416 e. The molecule has 5 nitrogen and oxygen atoms in total. The second-order valence-electron chi connectivity index (χ2n) is 5.71. The van der Waals surface area contributed by atoms with Gasteiger partial charge in [0.2, 0.25) is 5.89 Å². The van der Waals surface area contributed by atoms with E-state index in [1.54, 1.807) is 24.3 Å². The minimum absolute atomic E-state index is 0.167. The van der Waals surface area contributed by atoms with Crippen LogP contribution in [0.2, 0.25) is 0 Å². The van der Waals surface area contributed by atoms with Crippen molar-refractivity contribution in [3.05, 3.63) is 72.2 Å². The van der Waals surface area contributed by atoms with Gasteiger partial charge in [-0.05, 0) is 54.6 Å². The van der Waals surface area contributed by atoms with Crippen LogP contribution in [0.25, 0.3) is 22.6 Å². The van der Waals surface area contributed by atoms with Crippen molar-refractivity contribution in [2.75, 3.05) is 5.32 Å². The summed E-state index contributed by atoms with van der Waals surface area (Å²) in [4.78, 5) is 16.3. The van der Waals surface area contributed by atoms with E-state index in [4.69, 9.17) is 8.83 Å². The molecule has 0 aliphatic carbocycles. The molecule has 2 heterocycles. The number of nitrogens with one attached hydrogen (secondary N) is 1. The number of benzene rings is 2. The molecule has 1 amide bonds. The van der Waals surface area contributed by atoms with Gasteiger partial charge in [0, 0.05) is 11.3 Å². The summed E-state index contributed by atoms with van der Waals surface area (Å²) in [6.07, 6.45) is -3.01. The zero-order valence-electron chi connectivity index (χ0n) is 13.6. The normalized spacial score (nSPS) is 11.7. The van der Waals surface area contributed by atoms with Gasteiger partial charge in [0.25, 0.3) is 5.91 Å². The Balaban J connectivity index is 1.60. The van der Waals surface area contributed by atoms with Crippen molar-refractivity contribution in [3.63, 3.8) is 0 Å². The second kappa shape index (κ2) is 6.31. The van der Waals surface area contributed by atoms with E-state index >= 15 is 0 Å². The molecule has 0 aliphatic heterocycles. The van der Waals surface area contributed by atoms with Gasteiger partial charge in [0.05, 0.1) is 11.8 Å². The molecule has 0 radical (unpaired) electrons. The van der Waals surface area contributed by atoms with E-state index in [9.17, 15) is 18.0 Å². The molecule has 0 saturated carbocycles. The first kappa shape index (κ1) is 16.9. The summed E-state index contributed by atoms with van der Waals surface area (Å²) in [7, 11) is 0. The van der Waals surface area contributed by atoms with Crippen LogP contribution >= 0.6 is 0 Å². The molecule has 2 aromatic carbocycles. The number of hydrogen-bond acceptors (Lipinski definition) is 4. The first-order chi connectivity index (χ1) is 12.9. The predicted octanol–water partition coefficient (Wildman–Crippen LogP) is 5.36. The Kier molecular flexibility index (Phi) is 3.95. The number of oxazole rings is 1. The van der Waals surface area contributed by atoms with Gasteiger partial charge in [-0.2, -0.15) is 13.2 Å². The van der Waals surface area contributed by atoms with Gasteiger partial charge >= 0.3 is 6.18 Å². The molecule has 4 rings (SSSR count). The Morgan fingerprint density at radius 3 is 2.48 bits per heavy atom. The van der Waals surface area contributed by atoms with E-state index in [2.05, 4.69) is 10.3 Å². The molecule has 0 saturated heterocycles. The molecule has 0 bridgehead atoms. The minimum Gasteiger partial charge on any atom is -0.459 e. The molecule has 0 spiro atoms. The van der Waals surface area contributed by atoms with Crippen molar-refractivity contribution in [2.24, 2.45) is 0 Å². The number of amides is 1. The summed E-state index contributed by atoms with van der Waals surface area (Å²) in [5.74, 6) is -0.0558. The molecule has 0 atom stereocenters. The molecular weight excluding hydrogens is 361 g/mol. The number of furan rings is 1. The second-order valence-corrected chi connectivity index (χ2v) is 5.71. The van der Waals surface area contributed by atoms with Crippen LogP contribution < -0.4 is 5.32 Å². The summed E-state index contributed by atoms with van der Waals surface area (Å²) in [5.41, 5.74) is 1.06. The number of rotatable bonds is 3. The van der Waals surface area contributed by atoms with Gasteiger partial charge in [0.15, 0.2) is 11.3 Å². The smallest absolute Gasteiger partial charge is 0.416 e. The largest absolute Gasteiger partial charge is 0.459 e. The Bertz CT molecular complexity index is 1100. The number of fused-ring (bicyclic) bond motifs is 1. The Morgan fingerprint density at radius 1 is 1.04 bits per heavy atom. The molecule has 4 aromatic rings. The number of alkyl halides is 3. The highest BCUT2D eigenvalue weighted by molar-refractivity contribution is 6.03. The Morgan fingerprint density at radius 2 is 1.81 bits per heavy atom. The number of anilines is 1. The lowest BCUT2D eigenvalue weighted by Gasteiger charge is -2.05. The van der Waals surface area contributed by atoms with E-state index in [0.29, 0.717) is 22.4 Å². The third kappa shape index (κ3) is 3.41. The monoisotopic (exact) mass is 372 g/mol. The topological polar surface area (TPSA) is 68.3 Å². The maximum atomic E-state index is 12.7. The van der Waals surface area contributed by atoms with Crippen LogP contribution in [0.1, 0.15) is 16.1 Å². The highest BCUT2D eigenvalue weighted by Gasteiger charge is 2.30. The number of halogens is 3. The molecule has 2 aromatic heterocycles. The van der Waals surface area contributed by atoms with Crippen LogP contribution in [0, 0.1) is 0 Å². The van der Waals surface area contributed by atoms with Gasteiger partial charge in [-0.1, -0.05) is 0 Å². The van der Waals surface area contributed by atoms with Gasteiger partial charge in [-0.15, -0.1) is 0 Å². The SMILES string of the molecule is O=C(Nc1ccc2oc(-c3ccc(C(F)(F)F)cc3)nc2c1)c1ccco1. The lowest BCUT2D eigenvalue weighted by molar-refractivity contribution is -0.137. The number of nitrogens with zero attached hydrogens (tertiary/aromatic N) is 1. The highest BCUT2D eigenvalue weighted by atomic mass is 19.4. The summed E-state index contributed by atoms with van der Waals surface area (Å²) in [5, 5.41) is 2.67. The molecule has 1 N–H and O–H groups in total. The van der Waals surface area contributed by atoms with Crippen molar-refractivity contribution < 1.29 is 26.8 Å². The van der Waals surface area contributed by atoms with Crippen molar-refractivity contribution in [1.82, 2.24) is 4.98 Å². The summed E-state index contributed by atoms with van der Waals surface area (Å²) < 4.78 is 48.6. The van der Waals surface area contributed by atoms with Gasteiger partial charge in [-0.3, -0.25) is 4.79 Å². The number of hydrogen-bond donors (Lipinski definition) is 1. The quantitative estimate of drug-likeness (QED) is 0.526. The maximum absolute atomic E-state index is 12.7. The van der Waals surface area contributed by atoms with Crippen LogP contribution in [0.4, 0.5) is 18.9 Å². The number of aromatic nitrogens is 1. The van der Waals surface area contributed by atoms with E-state index in [1.165, 1.54) is 24.5 Å². The minimum atomic E-state index is -4.40. The van der Waals surface area contributed by atoms with Crippen LogP contribution in [-0.2, 0) is 6.18 Å².